The summed E-state index contributed by atoms with van der Waals surface area (Å²) in [4.78, 5) is 22.4. The van der Waals surface area contributed by atoms with Crippen LogP contribution < -0.4 is 0 Å². The van der Waals surface area contributed by atoms with Crippen LogP contribution in [-0.2, 0) is 66.4 Å². The third-order valence-electron chi connectivity index (χ3n) is 4.86. The number of ether oxygens (including phenoxy) is 12. The van der Waals surface area contributed by atoms with Crippen LogP contribution in [0, 0.1) is 0 Å². The number of hydrogen-bond donors (Lipinski definition) is 0. The zero-order valence-corrected chi connectivity index (χ0v) is 27.1. The molecular formula is C30H56O14. The van der Waals surface area contributed by atoms with E-state index in [1.165, 1.54) is 0 Å². The highest BCUT2D eigenvalue weighted by molar-refractivity contribution is 5.81. The number of carbonyl (C=O) groups is 2. The summed E-state index contributed by atoms with van der Waals surface area (Å²) in [6.07, 6.45) is 1.34. The van der Waals surface area contributed by atoms with Crippen molar-refractivity contribution in [3.63, 3.8) is 0 Å². The quantitative estimate of drug-likeness (QED) is 0.0570. The molecule has 0 saturated heterocycles. The van der Waals surface area contributed by atoms with E-state index in [4.69, 9.17) is 56.8 Å². The highest BCUT2D eigenvalue weighted by Crippen LogP contribution is 2.08. The molecule has 44 heavy (non-hydrogen) atoms. The minimum atomic E-state index is -0.476. The van der Waals surface area contributed by atoms with E-state index in [0.29, 0.717) is 132 Å². The molecule has 0 fully saturated rings. The maximum Gasteiger partial charge on any atom is 0.330 e. The first kappa shape index (κ1) is 42.3. The van der Waals surface area contributed by atoms with E-state index in [-0.39, 0.29) is 19.0 Å². The van der Waals surface area contributed by atoms with Gasteiger partial charge in [0.15, 0.2) is 0 Å². The molecule has 0 heterocycles. The molecule has 0 aliphatic heterocycles. The normalized spacial score (nSPS) is 11.5. The van der Waals surface area contributed by atoms with E-state index in [0.717, 1.165) is 6.08 Å². The molecule has 14 heteroatoms. The molecule has 0 N–H and O–H groups in total. The number of esters is 2. The lowest BCUT2D eigenvalue weighted by Crippen LogP contribution is -2.24. The molecule has 0 aliphatic rings. The standard InChI is InChI=1S/C30H56O14/c1-5-28(31)43-27-26-42-25-24-41-23-22-40-21-20-39-19-18-38-17-16-37-15-14-36-13-12-35-11-10-34-9-8-33-7-6-29(32)44-30(2,3)4/h5H,1,6-27H2,2-4H3. The van der Waals surface area contributed by atoms with Gasteiger partial charge in [0.05, 0.1) is 139 Å². The van der Waals surface area contributed by atoms with Crippen molar-refractivity contribution >= 4 is 11.9 Å². The summed E-state index contributed by atoms with van der Waals surface area (Å²) in [6.45, 7) is 18.0. The van der Waals surface area contributed by atoms with Gasteiger partial charge in [0, 0.05) is 6.08 Å². The fraction of sp³-hybridized carbons (Fsp3) is 0.867. The van der Waals surface area contributed by atoms with Crippen LogP contribution in [0.25, 0.3) is 0 Å². The molecule has 0 bridgehead atoms. The van der Waals surface area contributed by atoms with E-state index in [2.05, 4.69) is 6.58 Å². The molecule has 0 spiro atoms. The first-order chi connectivity index (χ1) is 21.3. The number of carbonyl (C=O) groups excluding carboxylic acids is 2. The summed E-state index contributed by atoms with van der Waals surface area (Å²) in [7, 11) is 0. The van der Waals surface area contributed by atoms with Gasteiger partial charge in [-0.05, 0) is 20.8 Å². The van der Waals surface area contributed by atoms with Crippen molar-refractivity contribution < 1.29 is 66.4 Å². The molecule has 14 nitrogen and oxygen atoms in total. The molecule has 0 unspecified atom stereocenters. The van der Waals surface area contributed by atoms with E-state index in [1.54, 1.807) is 0 Å². The monoisotopic (exact) mass is 640 g/mol. The van der Waals surface area contributed by atoms with Gasteiger partial charge in [0.2, 0.25) is 0 Å². The molecule has 0 aromatic rings. The maximum atomic E-state index is 11.5. The molecule has 0 radical (unpaired) electrons. The smallest absolute Gasteiger partial charge is 0.330 e. The van der Waals surface area contributed by atoms with Gasteiger partial charge in [-0.25, -0.2) is 4.79 Å². The second-order valence-electron chi connectivity index (χ2n) is 9.83. The lowest BCUT2D eigenvalue weighted by Gasteiger charge is -2.19. The van der Waals surface area contributed by atoms with Crippen molar-refractivity contribution in [1.82, 2.24) is 0 Å². The first-order valence-corrected chi connectivity index (χ1v) is 15.1. The van der Waals surface area contributed by atoms with E-state index >= 15 is 0 Å². The van der Waals surface area contributed by atoms with Gasteiger partial charge >= 0.3 is 11.9 Å². The Morgan fingerprint density at radius 3 is 0.955 bits per heavy atom. The SMILES string of the molecule is C=CC(=O)OCCOCCOCCOCCOCCOCCOCCOCCOCCOCCOCCC(=O)OC(C)(C)C. The Bertz CT molecular complexity index is 656. The van der Waals surface area contributed by atoms with Gasteiger partial charge in [0.25, 0.3) is 0 Å². The zero-order valence-electron chi connectivity index (χ0n) is 27.1. The molecule has 0 aromatic heterocycles. The zero-order chi connectivity index (χ0) is 32.4. The van der Waals surface area contributed by atoms with E-state index in [9.17, 15) is 9.59 Å². The number of hydrogen-bond acceptors (Lipinski definition) is 14. The van der Waals surface area contributed by atoms with Crippen LogP contribution in [0.3, 0.4) is 0 Å². The van der Waals surface area contributed by atoms with Crippen LogP contribution >= 0.6 is 0 Å². The number of rotatable bonds is 34. The lowest BCUT2D eigenvalue weighted by atomic mass is 10.2. The van der Waals surface area contributed by atoms with Crippen LogP contribution in [0.15, 0.2) is 12.7 Å². The van der Waals surface area contributed by atoms with Crippen LogP contribution in [0.1, 0.15) is 27.2 Å². The molecule has 260 valence electrons. The van der Waals surface area contributed by atoms with Crippen molar-refractivity contribution in [2.45, 2.75) is 32.8 Å². The lowest BCUT2D eigenvalue weighted by molar-refractivity contribution is -0.156. The minimum Gasteiger partial charge on any atom is -0.460 e. The Labute approximate surface area is 262 Å². The third-order valence-corrected chi connectivity index (χ3v) is 4.86. The largest absolute Gasteiger partial charge is 0.460 e. The van der Waals surface area contributed by atoms with Crippen LogP contribution in [0.4, 0.5) is 0 Å². The molecule has 0 aliphatic carbocycles. The average molecular weight is 641 g/mol. The van der Waals surface area contributed by atoms with Crippen molar-refractivity contribution in [1.29, 1.82) is 0 Å². The Morgan fingerprint density at radius 1 is 0.455 bits per heavy atom. The van der Waals surface area contributed by atoms with Crippen molar-refractivity contribution in [2.24, 2.45) is 0 Å². The molecule has 0 amide bonds. The van der Waals surface area contributed by atoms with E-state index in [1.807, 2.05) is 20.8 Å². The summed E-state index contributed by atoms with van der Waals surface area (Å²) in [5.74, 6) is -0.731. The maximum absolute atomic E-state index is 11.5. The summed E-state index contributed by atoms with van der Waals surface area (Å²) in [5.41, 5.74) is -0.476. The van der Waals surface area contributed by atoms with Crippen molar-refractivity contribution in [3.8, 4) is 0 Å². The third kappa shape index (κ3) is 36.5. The molecule has 0 aromatic carbocycles. The predicted molar refractivity (Wildman–Crippen MR) is 160 cm³/mol. The Hall–Kier alpha value is -1.72. The average Bonchev–Trinajstić information content (AvgIpc) is 2.98. The molecular weight excluding hydrogens is 584 g/mol. The van der Waals surface area contributed by atoms with Crippen molar-refractivity contribution in [3.05, 3.63) is 12.7 Å². The van der Waals surface area contributed by atoms with Gasteiger partial charge in [0.1, 0.15) is 12.2 Å². The Kier molecular flexibility index (Phi) is 31.4. The van der Waals surface area contributed by atoms with Gasteiger partial charge in [-0.3, -0.25) is 4.79 Å². The second-order valence-corrected chi connectivity index (χ2v) is 9.83. The highest BCUT2D eigenvalue weighted by atomic mass is 16.6. The van der Waals surface area contributed by atoms with Crippen LogP contribution in [0.5, 0.6) is 0 Å². The van der Waals surface area contributed by atoms with Crippen LogP contribution in [0.2, 0.25) is 0 Å². The summed E-state index contributed by atoms with van der Waals surface area (Å²) < 4.78 is 64.0. The van der Waals surface area contributed by atoms with E-state index < -0.39 is 11.6 Å². The Balaban J connectivity index is 3.11. The van der Waals surface area contributed by atoms with Gasteiger partial charge < -0.3 is 56.8 Å². The molecule has 0 saturated carbocycles. The highest BCUT2D eigenvalue weighted by Gasteiger charge is 2.15. The second kappa shape index (κ2) is 32.7. The fourth-order valence-corrected chi connectivity index (χ4v) is 2.89. The van der Waals surface area contributed by atoms with Gasteiger partial charge in [-0.2, -0.15) is 0 Å². The first-order valence-electron chi connectivity index (χ1n) is 15.1. The minimum absolute atomic E-state index is 0.194. The van der Waals surface area contributed by atoms with Gasteiger partial charge in [-0.15, -0.1) is 0 Å². The predicted octanol–water partition coefficient (Wildman–Crippen LogP) is 1.61. The molecule has 0 rings (SSSR count). The van der Waals surface area contributed by atoms with Gasteiger partial charge in [-0.1, -0.05) is 6.58 Å². The summed E-state index contributed by atoms with van der Waals surface area (Å²) in [6, 6.07) is 0. The fourth-order valence-electron chi connectivity index (χ4n) is 2.89. The van der Waals surface area contributed by atoms with Crippen molar-refractivity contribution in [2.75, 3.05) is 139 Å². The summed E-state index contributed by atoms with van der Waals surface area (Å²) in [5, 5.41) is 0. The Morgan fingerprint density at radius 2 is 0.705 bits per heavy atom. The topological polar surface area (TPSA) is 145 Å². The molecule has 0 atom stereocenters. The summed E-state index contributed by atoms with van der Waals surface area (Å²) >= 11 is 0. The van der Waals surface area contributed by atoms with Crippen LogP contribution in [-0.4, -0.2) is 156 Å².